The molecule has 0 saturated heterocycles. The lowest BCUT2D eigenvalue weighted by molar-refractivity contribution is -0.120. The molecule has 4 aromatic rings. The van der Waals surface area contributed by atoms with Crippen LogP contribution in [0.2, 0.25) is 0 Å². The van der Waals surface area contributed by atoms with E-state index in [1.165, 1.54) is 0 Å². The standard InChI is InChI=1S/C22H24N4O/c1-15-18(17-8-3-4-9-19(17)24-15)14-22(27)23-12-7-13-26-16(2)25-20-10-5-6-11-21(20)26/h3-6,8-11,24H,7,12-14H2,1-2H3,(H,23,27). The van der Waals surface area contributed by atoms with Crippen LogP contribution >= 0.6 is 0 Å². The molecule has 0 fully saturated rings. The summed E-state index contributed by atoms with van der Waals surface area (Å²) in [7, 11) is 0. The van der Waals surface area contributed by atoms with Crippen molar-refractivity contribution in [3.63, 3.8) is 0 Å². The molecule has 0 aliphatic heterocycles. The maximum absolute atomic E-state index is 12.4. The monoisotopic (exact) mass is 360 g/mol. The highest BCUT2D eigenvalue weighted by Crippen LogP contribution is 2.22. The Labute approximate surface area is 158 Å². The van der Waals surface area contributed by atoms with Gasteiger partial charge in [0.25, 0.3) is 0 Å². The van der Waals surface area contributed by atoms with E-state index in [2.05, 4.69) is 32.0 Å². The van der Waals surface area contributed by atoms with Crippen LogP contribution in [-0.2, 0) is 17.8 Å². The van der Waals surface area contributed by atoms with Gasteiger partial charge >= 0.3 is 0 Å². The summed E-state index contributed by atoms with van der Waals surface area (Å²) in [6.07, 6.45) is 1.28. The third-order valence-corrected chi connectivity index (χ3v) is 5.09. The Morgan fingerprint density at radius 2 is 1.89 bits per heavy atom. The quantitative estimate of drug-likeness (QED) is 0.513. The molecule has 27 heavy (non-hydrogen) atoms. The van der Waals surface area contributed by atoms with Gasteiger partial charge in [0.2, 0.25) is 5.91 Å². The average molecular weight is 360 g/mol. The minimum Gasteiger partial charge on any atom is -0.358 e. The molecule has 0 radical (unpaired) electrons. The fourth-order valence-corrected chi connectivity index (χ4v) is 3.73. The molecule has 2 aromatic heterocycles. The normalized spacial score (nSPS) is 11.3. The van der Waals surface area contributed by atoms with Gasteiger partial charge in [-0.05, 0) is 44.0 Å². The second-order valence-electron chi connectivity index (χ2n) is 6.95. The topological polar surface area (TPSA) is 62.7 Å². The van der Waals surface area contributed by atoms with E-state index < -0.39 is 0 Å². The number of carbonyl (C=O) groups is 1. The Morgan fingerprint density at radius 3 is 2.78 bits per heavy atom. The number of benzene rings is 2. The number of hydrogen-bond donors (Lipinski definition) is 2. The van der Waals surface area contributed by atoms with Gasteiger partial charge in [-0.3, -0.25) is 4.79 Å². The number of H-pyrrole nitrogens is 1. The van der Waals surface area contributed by atoms with Crippen molar-refractivity contribution in [2.45, 2.75) is 33.2 Å². The van der Waals surface area contributed by atoms with Gasteiger partial charge in [0.1, 0.15) is 5.82 Å². The van der Waals surface area contributed by atoms with Crippen molar-refractivity contribution >= 4 is 27.8 Å². The summed E-state index contributed by atoms with van der Waals surface area (Å²) >= 11 is 0. The van der Waals surface area contributed by atoms with Crippen molar-refractivity contribution in [3.05, 3.63) is 65.6 Å². The Balaban J connectivity index is 1.34. The van der Waals surface area contributed by atoms with E-state index in [-0.39, 0.29) is 5.91 Å². The third-order valence-electron chi connectivity index (χ3n) is 5.09. The number of fused-ring (bicyclic) bond motifs is 2. The van der Waals surface area contributed by atoms with Gasteiger partial charge in [-0.2, -0.15) is 0 Å². The maximum Gasteiger partial charge on any atom is 0.224 e. The van der Waals surface area contributed by atoms with Crippen LogP contribution in [0, 0.1) is 13.8 Å². The van der Waals surface area contributed by atoms with Gasteiger partial charge in [0.15, 0.2) is 0 Å². The number of hydrogen-bond acceptors (Lipinski definition) is 2. The average Bonchev–Trinajstić information content (AvgIpc) is 3.15. The third kappa shape index (κ3) is 3.45. The number of rotatable bonds is 6. The first-order valence-corrected chi connectivity index (χ1v) is 9.38. The van der Waals surface area contributed by atoms with Crippen LogP contribution in [-0.4, -0.2) is 27.0 Å². The number of carbonyl (C=O) groups excluding carboxylic acids is 1. The zero-order chi connectivity index (χ0) is 18.8. The number of aryl methyl sites for hydroxylation is 3. The van der Waals surface area contributed by atoms with Crippen LogP contribution < -0.4 is 5.32 Å². The van der Waals surface area contributed by atoms with E-state index in [1.807, 2.05) is 50.2 Å². The maximum atomic E-state index is 12.4. The smallest absolute Gasteiger partial charge is 0.224 e. The second kappa shape index (κ2) is 7.27. The predicted molar refractivity (Wildman–Crippen MR) is 109 cm³/mol. The molecule has 0 spiro atoms. The largest absolute Gasteiger partial charge is 0.358 e. The summed E-state index contributed by atoms with van der Waals surface area (Å²) < 4.78 is 2.21. The number of amides is 1. The minimum atomic E-state index is 0.0649. The molecule has 0 saturated carbocycles. The Kier molecular flexibility index (Phi) is 4.67. The fourth-order valence-electron chi connectivity index (χ4n) is 3.73. The van der Waals surface area contributed by atoms with E-state index in [0.29, 0.717) is 13.0 Å². The Bertz CT molecular complexity index is 1110. The van der Waals surface area contributed by atoms with Crippen LogP contribution in [0.4, 0.5) is 0 Å². The summed E-state index contributed by atoms with van der Waals surface area (Å²) in [4.78, 5) is 20.3. The highest BCUT2D eigenvalue weighted by Gasteiger charge is 2.12. The summed E-state index contributed by atoms with van der Waals surface area (Å²) in [5, 5.41) is 4.19. The SMILES string of the molecule is Cc1[nH]c2ccccc2c1CC(=O)NCCCn1c(C)nc2ccccc21. The van der Waals surface area contributed by atoms with Crippen molar-refractivity contribution < 1.29 is 4.79 Å². The van der Waals surface area contributed by atoms with E-state index in [4.69, 9.17) is 0 Å². The second-order valence-corrected chi connectivity index (χ2v) is 6.95. The lowest BCUT2D eigenvalue weighted by atomic mass is 10.1. The molecule has 0 aliphatic carbocycles. The summed E-state index contributed by atoms with van der Waals surface area (Å²) in [6, 6.07) is 16.3. The first-order chi connectivity index (χ1) is 13.1. The molecule has 0 unspecified atom stereocenters. The molecule has 1 amide bonds. The Morgan fingerprint density at radius 1 is 1.11 bits per heavy atom. The van der Waals surface area contributed by atoms with Gasteiger partial charge < -0.3 is 14.9 Å². The summed E-state index contributed by atoms with van der Waals surface area (Å²) in [6.45, 7) is 5.55. The number of imidazole rings is 1. The molecule has 0 atom stereocenters. The van der Waals surface area contributed by atoms with Crippen LogP contribution in [0.1, 0.15) is 23.5 Å². The van der Waals surface area contributed by atoms with Gasteiger partial charge in [0, 0.05) is 29.7 Å². The number of para-hydroxylation sites is 3. The minimum absolute atomic E-state index is 0.0649. The van der Waals surface area contributed by atoms with Crippen molar-refractivity contribution in [1.82, 2.24) is 19.9 Å². The van der Waals surface area contributed by atoms with Crippen LogP contribution in [0.15, 0.2) is 48.5 Å². The van der Waals surface area contributed by atoms with Gasteiger partial charge in [-0.25, -0.2) is 4.98 Å². The zero-order valence-corrected chi connectivity index (χ0v) is 15.7. The molecular weight excluding hydrogens is 336 g/mol. The highest BCUT2D eigenvalue weighted by atomic mass is 16.1. The summed E-state index contributed by atoms with van der Waals surface area (Å²) in [5.74, 6) is 1.08. The predicted octanol–water partition coefficient (Wildman–Crippen LogP) is 3.88. The summed E-state index contributed by atoms with van der Waals surface area (Å²) in [5.41, 5.74) is 5.40. The van der Waals surface area contributed by atoms with Crippen LogP contribution in [0.5, 0.6) is 0 Å². The van der Waals surface area contributed by atoms with E-state index in [1.54, 1.807) is 0 Å². The molecular formula is C22H24N4O. The van der Waals surface area contributed by atoms with E-state index >= 15 is 0 Å². The number of nitrogens with one attached hydrogen (secondary N) is 2. The number of aromatic amines is 1. The molecule has 2 aromatic carbocycles. The van der Waals surface area contributed by atoms with Crippen LogP contribution in [0.25, 0.3) is 21.9 Å². The molecule has 0 aliphatic rings. The first-order valence-electron chi connectivity index (χ1n) is 9.38. The van der Waals surface area contributed by atoms with Crippen LogP contribution in [0.3, 0.4) is 0 Å². The van der Waals surface area contributed by atoms with Gasteiger partial charge in [-0.15, -0.1) is 0 Å². The van der Waals surface area contributed by atoms with Gasteiger partial charge in [0.05, 0.1) is 17.5 Å². The van der Waals surface area contributed by atoms with E-state index in [9.17, 15) is 4.79 Å². The van der Waals surface area contributed by atoms with Crippen molar-refractivity contribution in [2.24, 2.45) is 0 Å². The zero-order valence-electron chi connectivity index (χ0n) is 15.7. The highest BCUT2D eigenvalue weighted by molar-refractivity contribution is 5.90. The molecule has 138 valence electrons. The number of nitrogens with zero attached hydrogens (tertiary/aromatic N) is 2. The molecule has 4 rings (SSSR count). The molecule has 5 nitrogen and oxygen atoms in total. The molecule has 2 N–H and O–H groups in total. The molecule has 5 heteroatoms. The van der Waals surface area contributed by atoms with Crippen molar-refractivity contribution in [2.75, 3.05) is 6.54 Å². The molecule has 0 bridgehead atoms. The van der Waals surface area contributed by atoms with Crippen molar-refractivity contribution in [1.29, 1.82) is 0 Å². The first kappa shape index (κ1) is 17.3. The lowest BCUT2D eigenvalue weighted by Gasteiger charge is -2.08. The fraction of sp³-hybridized carbons (Fsp3) is 0.273. The lowest BCUT2D eigenvalue weighted by Crippen LogP contribution is -2.27. The number of aromatic nitrogens is 3. The molecule has 2 heterocycles. The van der Waals surface area contributed by atoms with Gasteiger partial charge in [-0.1, -0.05) is 30.3 Å². The van der Waals surface area contributed by atoms with E-state index in [0.717, 1.165) is 52.0 Å². The van der Waals surface area contributed by atoms with Crippen molar-refractivity contribution in [3.8, 4) is 0 Å². The Hall–Kier alpha value is -3.08.